The van der Waals surface area contributed by atoms with Gasteiger partial charge in [0.2, 0.25) is 0 Å². The normalized spacial score (nSPS) is 17.4. The summed E-state index contributed by atoms with van der Waals surface area (Å²) in [5.41, 5.74) is 0.136. The number of thioether (sulfide) groups is 1. The van der Waals surface area contributed by atoms with E-state index in [-0.39, 0.29) is 18.9 Å². The first-order chi connectivity index (χ1) is 9.99. The van der Waals surface area contributed by atoms with Gasteiger partial charge in [0, 0.05) is 5.92 Å². The third-order valence-corrected chi connectivity index (χ3v) is 4.93. The molecule has 0 aromatic heterocycles. The molecule has 1 aliphatic rings. The Morgan fingerprint density at radius 1 is 1.38 bits per heavy atom. The Bertz CT molecular complexity index is 504. The van der Waals surface area contributed by atoms with Gasteiger partial charge in [0.25, 0.3) is 0 Å². The lowest BCUT2D eigenvalue weighted by atomic mass is 9.84. The molecule has 0 aliphatic carbocycles. The number of amides is 1. The fraction of sp³-hybridized carbons (Fsp3) is 0.467. The second-order valence-electron chi connectivity index (χ2n) is 5.41. The van der Waals surface area contributed by atoms with Crippen molar-refractivity contribution in [3.05, 3.63) is 35.9 Å². The van der Waals surface area contributed by atoms with Crippen LogP contribution < -0.4 is 5.32 Å². The molecule has 2 N–H and O–H groups in total. The summed E-state index contributed by atoms with van der Waals surface area (Å²) in [6.07, 6.45) is -0.668. The number of carboxylic acids is 1. The van der Waals surface area contributed by atoms with Crippen LogP contribution in [0.5, 0.6) is 0 Å². The Balaban J connectivity index is 1.90. The zero-order valence-electron chi connectivity index (χ0n) is 11.9. The number of aliphatic carboxylic acids is 1. The van der Waals surface area contributed by atoms with Crippen molar-refractivity contribution in [3.63, 3.8) is 0 Å². The van der Waals surface area contributed by atoms with Crippen LogP contribution in [0.3, 0.4) is 0 Å². The lowest BCUT2D eigenvalue weighted by molar-refractivity contribution is -0.139. The summed E-state index contributed by atoms with van der Waals surface area (Å²) in [6.45, 7) is 1.95. The van der Waals surface area contributed by atoms with Gasteiger partial charge in [-0.05, 0) is 24.0 Å². The lowest BCUT2D eigenvalue weighted by Crippen LogP contribution is -2.56. The maximum atomic E-state index is 11.9. The number of carbonyl (C=O) groups is 2. The number of hydrogen-bond acceptors (Lipinski definition) is 4. The molecule has 6 heteroatoms. The Labute approximate surface area is 128 Å². The lowest BCUT2D eigenvalue weighted by Gasteiger charge is -2.41. The summed E-state index contributed by atoms with van der Waals surface area (Å²) in [5.74, 6) is 0.978. The first kappa shape index (κ1) is 15.7. The summed E-state index contributed by atoms with van der Waals surface area (Å²) >= 11 is 1.75. The monoisotopic (exact) mass is 309 g/mol. The maximum Gasteiger partial charge on any atom is 0.407 e. The van der Waals surface area contributed by atoms with E-state index in [2.05, 4.69) is 5.32 Å². The minimum absolute atomic E-state index is 0.0985. The summed E-state index contributed by atoms with van der Waals surface area (Å²) in [7, 11) is 0. The zero-order valence-corrected chi connectivity index (χ0v) is 12.7. The average Bonchev–Trinajstić information content (AvgIpc) is 2.34. The highest BCUT2D eigenvalue weighted by Gasteiger charge is 2.41. The van der Waals surface area contributed by atoms with Crippen molar-refractivity contribution < 1.29 is 19.4 Å². The van der Waals surface area contributed by atoms with Gasteiger partial charge >= 0.3 is 12.1 Å². The number of rotatable bonds is 6. The van der Waals surface area contributed by atoms with Crippen LogP contribution in [0.1, 0.15) is 18.9 Å². The van der Waals surface area contributed by atoms with Crippen LogP contribution in [-0.4, -0.2) is 34.2 Å². The van der Waals surface area contributed by atoms with Crippen LogP contribution in [0, 0.1) is 5.92 Å². The molecule has 1 unspecified atom stereocenters. The molecule has 21 heavy (non-hydrogen) atoms. The predicted molar refractivity (Wildman–Crippen MR) is 81.2 cm³/mol. The van der Waals surface area contributed by atoms with Gasteiger partial charge in [0.1, 0.15) is 6.61 Å². The molecule has 1 saturated heterocycles. The van der Waals surface area contributed by atoms with Crippen molar-refractivity contribution in [2.75, 3.05) is 11.5 Å². The average molecular weight is 309 g/mol. The SMILES string of the molecule is CC(CC(=O)O)(NC(=O)OCc1ccccc1)C1CSC1. The van der Waals surface area contributed by atoms with Crippen molar-refractivity contribution in [1.82, 2.24) is 5.32 Å². The molecule has 2 rings (SSSR count). The van der Waals surface area contributed by atoms with Gasteiger partial charge in [-0.2, -0.15) is 11.8 Å². The van der Waals surface area contributed by atoms with E-state index in [1.807, 2.05) is 30.3 Å². The highest BCUT2D eigenvalue weighted by molar-refractivity contribution is 8.00. The molecule has 1 aromatic rings. The molecule has 0 spiro atoms. The first-order valence-electron chi connectivity index (χ1n) is 6.78. The topological polar surface area (TPSA) is 75.6 Å². The standard InChI is InChI=1S/C15H19NO4S/c1-15(7-13(17)18,12-9-21-10-12)16-14(19)20-8-11-5-3-2-4-6-11/h2-6,12H,7-10H2,1H3,(H,16,19)(H,17,18). The van der Waals surface area contributed by atoms with Crippen molar-refractivity contribution >= 4 is 23.8 Å². The molecule has 114 valence electrons. The van der Waals surface area contributed by atoms with Crippen LogP contribution in [-0.2, 0) is 16.1 Å². The van der Waals surface area contributed by atoms with E-state index in [4.69, 9.17) is 9.84 Å². The molecule has 1 atom stereocenters. The van der Waals surface area contributed by atoms with Crippen LogP contribution in [0.15, 0.2) is 30.3 Å². The highest BCUT2D eigenvalue weighted by atomic mass is 32.2. The van der Waals surface area contributed by atoms with Gasteiger partial charge in [-0.25, -0.2) is 4.79 Å². The molecule has 5 nitrogen and oxygen atoms in total. The fourth-order valence-electron chi connectivity index (χ4n) is 2.20. The first-order valence-corrected chi connectivity index (χ1v) is 7.93. The zero-order chi connectivity index (χ0) is 15.3. The van der Waals surface area contributed by atoms with Gasteiger partial charge in [0.15, 0.2) is 0 Å². The van der Waals surface area contributed by atoms with E-state index in [0.717, 1.165) is 17.1 Å². The molecular weight excluding hydrogens is 290 g/mol. The molecule has 0 bridgehead atoms. The molecule has 1 heterocycles. The second-order valence-corrected chi connectivity index (χ2v) is 6.48. The Hall–Kier alpha value is -1.69. The molecule has 1 aromatic carbocycles. The van der Waals surface area contributed by atoms with Crippen molar-refractivity contribution in [2.45, 2.75) is 25.5 Å². The van der Waals surface area contributed by atoms with E-state index in [1.54, 1.807) is 18.7 Å². The third-order valence-electron chi connectivity index (χ3n) is 3.66. The van der Waals surface area contributed by atoms with E-state index in [1.165, 1.54) is 0 Å². The summed E-state index contributed by atoms with van der Waals surface area (Å²) < 4.78 is 5.17. The Morgan fingerprint density at radius 2 is 2.05 bits per heavy atom. The van der Waals surface area contributed by atoms with E-state index in [9.17, 15) is 9.59 Å². The van der Waals surface area contributed by atoms with Gasteiger partial charge in [0.05, 0.1) is 12.0 Å². The van der Waals surface area contributed by atoms with Crippen LogP contribution in [0.25, 0.3) is 0 Å². The van der Waals surface area contributed by atoms with Crippen molar-refractivity contribution in [1.29, 1.82) is 0 Å². The number of ether oxygens (including phenoxy) is 1. The minimum Gasteiger partial charge on any atom is -0.481 e. The molecule has 0 saturated carbocycles. The fourth-order valence-corrected chi connectivity index (χ4v) is 3.41. The molecule has 0 radical (unpaired) electrons. The van der Waals surface area contributed by atoms with Gasteiger partial charge in [-0.3, -0.25) is 4.79 Å². The Morgan fingerprint density at radius 3 is 2.57 bits per heavy atom. The third kappa shape index (κ3) is 4.39. The van der Waals surface area contributed by atoms with Crippen molar-refractivity contribution in [2.24, 2.45) is 5.92 Å². The summed E-state index contributed by atoms with van der Waals surface area (Å²) in [5, 5.41) is 11.8. The number of carboxylic acid groups (broad SMARTS) is 1. The van der Waals surface area contributed by atoms with E-state index in [0.29, 0.717) is 0 Å². The van der Waals surface area contributed by atoms with Gasteiger partial charge < -0.3 is 15.2 Å². The molecule has 1 aliphatic heterocycles. The summed E-state index contributed by atoms with van der Waals surface area (Å²) in [6, 6.07) is 9.37. The Kier molecular flexibility index (Phi) is 5.12. The van der Waals surface area contributed by atoms with E-state index < -0.39 is 17.6 Å². The number of carbonyl (C=O) groups excluding carboxylic acids is 1. The minimum atomic E-state index is -0.919. The maximum absolute atomic E-state index is 11.9. The second kappa shape index (κ2) is 6.85. The predicted octanol–water partition coefficient (Wildman–Crippen LogP) is 2.51. The van der Waals surface area contributed by atoms with Gasteiger partial charge in [-0.1, -0.05) is 30.3 Å². The van der Waals surface area contributed by atoms with E-state index >= 15 is 0 Å². The number of benzene rings is 1. The van der Waals surface area contributed by atoms with Crippen molar-refractivity contribution in [3.8, 4) is 0 Å². The number of hydrogen-bond donors (Lipinski definition) is 2. The number of nitrogens with one attached hydrogen (secondary N) is 1. The largest absolute Gasteiger partial charge is 0.481 e. The van der Waals surface area contributed by atoms with Crippen LogP contribution in [0.2, 0.25) is 0 Å². The summed E-state index contributed by atoms with van der Waals surface area (Å²) in [4.78, 5) is 22.9. The van der Waals surface area contributed by atoms with Crippen LogP contribution >= 0.6 is 11.8 Å². The highest BCUT2D eigenvalue weighted by Crippen LogP contribution is 2.35. The molecule has 1 amide bonds. The molecule has 1 fully saturated rings. The quantitative estimate of drug-likeness (QED) is 0.844. The van der Waals surface area contributed by atoms with Gasteiger partial charge in [-0.15, -0.1) is 0 Å². The smallest absolute Gasteiger partial charge is 0.407 e. The number of alkyl carbamates (subject to hydrolysis) is 1. The van der Waals surface area contributed by atoms with Crippen LogP contribution in [0.4, 0.5) is 4.79 Å². The molecular formula is C15H19NO4S.